The van der Waals surface area contributed by atoms with Crippen molar-refractivity contribution < 1.29 is 40.1 Å². The molecule has 4 aliphatic heterocycles. The first-order valence-corrected chi connectivity index (χ1v) is 10.3. The number of rotatable bonds is 9. The Kier molecular flexibility index (Phi) is 5.99. The molecule has 156 valence electrons. The Bertz CT molecular complexity index is 514. The zero-order valence-electron chi connectivity index (χ0n) is 16.4. The molecule has 7 N–H and O–H groups in total. The van der Waals surface area contributed by atoms with Crippen LogP contribution in [-0.4, -0.2) is 94.7 Å². The van der Waals surface area contributed by atoms with Gasteiger partial charge in [0.25, 0.3) is 0 Å². The predicted octanol–water partition coefficient (Wildman–Crippen LogP) is -4.30. The highest BCUT2D eigenvalue weighted by Gasteiger charge is 2.71. The van der Waals surface area contributed by atoms with Gasteiger partial charge in [0.15, 0.2) is 11.9 Å². The van der Waals surface area contributed by atoms with Crippen LogP contribution in [0, 0.1) is 10.8 Å². The van der Waals surface area contributed by atoms with Crippen molar-refractivity contribution in [3.8, 4) is 0 Å². The van der Waals surface area contributed by atoms with E-state index >= 15 is 0 Å². The number of carbonyl (C=O) groups is 1. The summed E-state index contributed by atoms with van der Waals surface area (Å²) in [6.07, 6.45) is -2.67. The van der Waals surface area contributed by atoms with Crippen LogP contribution in [0.1, 0.15) is 39.5 Å². The molecule has 0 unspecified atom stereocenters. The lowest BCUT2D eigenvalue weighted by Gasteiger charge is -2.61. The van der Waals surface area contributed by atoms with E-state index in [1.807, 2.05) is 0 Å². The Labute approximate surface area is 160 Å². The summed E-state index contributed by atoms with van der Waals surface area (Å²) in [5, 5.41) is 49.9. The average Bonchev–Trinajstić information content (AvgIpc) is 2.63. The molecule has 4 bridgehead atoms. The Hall–Kier alpha value is -0.610. The largest absolute Gasteiger partial charge is 0.394 e. The quantitative estimate of drug-likeness (QED) is 0.214. The predicted molar refractivity (Wildman–Crippen MR) is 96.0 cm³/mol. The maximum Gasteiger partial charge on any atom is 0.242 e. The van der Waals surface area contributed by atoms with Gasteiger partial charge in [0.2, 0.25) is 6.17 Å². The zero-order valence-corrected chi connectivity index (χ0v) is 16.4. The first-order chi connectivity index (χ1) is 12.7. The van der Waals surface area contributed by atoms with Crippen molar-refractivity contribution in [1.29, 1.82) is 0 Å². The van der Waals surface area contributed by atoms with Crippen molar-refractivity contribution in [2.45, 2.75) is 70.1 Å². The van der Waals surface area contributed by atoms with Crippen LogP contribution in [0.15, 0.2) is 0 Å². The summed E-state index contributed by atoms with van der Waals surface area (Å²) >= 11 is 0. The molecule has 0 aromatic carbocycles. The van der Waals surface area contributed by atoms with Crippen molar-refractivity contribution in [2.24, 2.45) is 10.8 Å². The minimum absolute atomic E-state index is 0.344. The van der Waals surface area contributed by atoms with Gasteiger partial charge in [0, 0.05) is 0 Å². The molecule has 4 fully saturated rings. The Morgan fingerprint density at radius 1 is 0.926 bits per heavy atom. The van der Waals surface area contributed by atoms with E-state index in [-0.39, 0.29) is 17.0 Å². The fourth-order valence-electron chi connectivity index (χ4n) is 6.36. The standard InChI is InChI=1S/C19H34N2O6/c1-3-5-18-8-20-10-19(6-4-2,17(18)27)11-21(9-18)16(20)15(26)14(25)13(24)12(23)7-22/h12-16,22-26H,3-11H2,1-2H3/p+2/t12-,13-,14-,15+,16?,18?,19?/m1/s1. The second kappa shape index (κ2) is 7.67. The van der Waals surface area contributed by atoms with Crippen LogP contribution in [0.3, 0.4) is 0 Å². The molecule has 8 nitrogen and oxygen atoms in total. The number of hydrogen-bond donors (Lipinski definition) is 7. The summed E-state index contributed by atoms with van der Waals surface area (Å²) in [6.45, 7) is 6.12. The number of nitrogens with one attached hydrogen (secondary N) is 2. The number of carbonyl (C=O) groups excluding carboxylic acids is 1. The van der Waals surface area contributed by atoms with E-state index in [0.717, 1.165) is 35.5 Å². The summed E-state index contributed by atoms with van der Waals surface area (Å²) in [6, 6.07) is 0. The second-order valence-electron chi connectivity index (χ2n) is 9.11. The highest BCUT2D eigenvalue weighted by molar-refractivity contribution is 5.92. The van der Waals surface area contributed by atoms with Gasteiger partial charge in [-0.1, -0.05) is 26.7 Å². The summed E-state index contributed by atoms with van der Waals surface area (Å²) < 4.78 is 0. The molecule has 4 saturated heterocycles. The van der Waals surface area contributed by atoms with E-state index in [1.165, 1.54) is 0 Å². The molecule has 0 amide bonds. The lowest BCUT2D eigenvalue weighted by molar-refractivity contribution is -1.17. The van der Waals surface area contributed by atoms with Gasteiger partial charge in [-0.2, -0.15) is 0 Å². The zero-order chi connectivity index (χ0) is 20.0. The monoisotopic (exact) mass is 388 g/mol. The third-order valence-corrected chi connectivity index (χ3v) is 7.18. The smallest absolute Gasteiger partial charge is 0.242 e. The number of Topliss-reactive ketones (excluding diaryl/α,β-unsaturated/α-hetero) is 1. The SMILES string of the molecule is CCCC12C[NH+]3CC(CCC)(C[NH+](C1)C3[C@@H](O)[C@H](O)[C@H](O)[C@H](O)CO)C2=O. The molecule has 0 aromatic heterocycles. The Balaban J connectivity index is 1.86. The van der Waals surface area contributed by atoms with Crippen LogP contribution >= 0.6 is 0 Å². The highest BCUT2D eigenvalue weighted by atomic mass is 16.4. The lowest BCUT2D eigenvalue weighted by atomic mass is 9.57. The van der Waals surface area contributed by atoms with Crippen molar-refractivity contribution in [2.75, 3.05) is 32.8 Å². The molecular weight excluding hydrogens is 352 g/mol. The molecule has 4 rings (SSSR count). The molecule has 4 atom stereocenters. The fourth-order valence-corrected chi connectivity index (χ4v) is 6.36. The van der Waals surface area contributed by atoms with Gasteiger partial charge < -0.3 is 25.5 Å². The third-order valence-electron chi connectivity index (χ3n) is 7.18. The number of piperidine rings is 2. The van der Waals surface area contributed by atoms with Crippen LogP contribution in [-0.2, 0) is 4.79 Å². The summed E-state index contributed by atoms with van der Waals surface area (Å²) in [7, 11) is 0. The number of quaternary nitrogens is 2. The Morgan fingerprint density at radius 3 is 1.74 bits per heavy atom. The van der Waals surface area contributed by atoms with Gasteiger partial charge in [-0.05, 0) is 12.8 Å². The van der Waals surface area contributed by atoms with Gasteiger partial charge in [0.05, 0.1) is 6.61 Å². The van der Waals surface area contributed by atoms with Crippen LogP contribution in [0.25, 0.3) is 0 Å². The van der Waals surface area contributed by atoms with Gasteiger partial charge in [-0.3, -0.25) is 14.6 Å². The topological polar surface area (TPSA) is 127 Å². The van der Waals surface area contributed by atoms with Crippen molar-refractivity contribution >= 4 is 5.78 Å². The molecule has 0 aliphatic carbocycles. The molecule has 27 heavy (non-hydrogen) atoms. The van der Waals surface area contributed by atoms with Gasteiger partial charge in [-0.15, -0.1) is 0 Å². The first-order valence-electron chi connectivity index (χ1n) is 10.3. The molecule has 0 aromatic rings. The number of aliphatic hydroxyl groups excluding tert-OH is 5. The average molecular weight is 389 g/mol. The van der Waals surface area contributed by atoms with Gasteiger partial charge >= 0.3 is 0 Å². The summed E-state index contributed by atoms with van der Waals surface area (Å²) in [4.78, 5) is 15.6. The second-order valence-corrected chi connectivity index (χ2v) is 9.11. The van der Waals surface area contributed by atoms with E-state index in [4.69, 9.17) is 5.11 Å². The third kappa shape index (κ3) is 3.25. The van der Waals surface area contributed by atoms with Crippen molar-refractivity contribution in [3.05, 3.63) is 0 Å². The molecule has 8 heteroatoms. The van der Waals surface area contributed by atoms with E-state index in [2.05, 4.69) is 13.8 Å². The van der Waals surface area contributed by atoms with E-state index in [0.29, 0.717) is 32.0 Å². The molecule has 0 saturated carbocycles. The summed E-state index contributed by atoms with van der Waals surface area (Å²) in [5.74, 6) is 0.399. The highest BCUT2D eigenvalue weighted by Crippen LogP contribution is 2.41. The van der Waals surface area contributed by atoms with E-state index < -0.39 is 31.0 Å². The maximum atomic E-state index is 13.4. The molecule has 4 aliphatic rings. The van der Waals surface area contributed by atoms with E-state index in [1.54, 1.807) is 0 Å². The summed E-state index contributed by atoms with van der Waals surface area (Å²) in [5.41, 5.74) is -0.703. The molecule has 4 heterocycles. The van der Waals surface area contributed by atoms with Crippen molar-refractivity contribution in [1.82, 2.24) is 0 Å². The molecular formula is C19H36N2O6+2. The molecule has 0 spiro atoms. The minimum atomic E-state index is -1.61. The molecule has 0 radical (unpaired) electrons. The van der Waals surface area contributed by atoms with Crippen LogP contribution in [0.5, 0.6) is 0 Å². The number of ketones is 1. The maximum absolute atomic E-state index is 13.4. The van der Waals surface area contributed by atoms with E-state index in [9.17, 15) is 25.2 Å². The van der Waals surface area contributed by atoms with Crippen LogP contribution in [0.4, 0.5) is 0 Å². The minimum Gasteiger partial charge on any atom is -0.394 e. The Morgan fingerprint density at radius 2 is 1.37 bits per heavy atom. The van der Waals surface area contributed by atoms with Crippen LogP contribution < -0.4 is 9.80 Å². The normalized spacial score (nSPS) is 42.2. The first kappa shape index (κ1) is 21.1. The van der Waals surface area contributed by atoms with Crippen molar-refractivity contribution in [3.63, 3.8) is 0 Å². The number of aliphatic hydroxyl groups is 5. The lowest BCUT2D eigenvalue weighted by Crippen LogP contribution is -3.46. The van der Waals surface area contributed by atoms with Gasteiger partial charge in [0.1, 0.15) is 55.3 Å². The fraction of sp³-hybridized carbons (Fsp3) is 0.947. The van der Waals surface area contributed by atoms with Gasteiger partial charge in [-0.25, -0.2) is 0 Å². The number of hydrogen-bond acceptors (Lipinski definition) is 6. The van der Waals surface area contributed by atoms with Crippen LogP contribution in [0.2, 0.25) is 0 Å².